The molecule has 1 unspecified atom stereocenters. The first-order valence-electron chi connectivity index (χ1n) is 7.47. The van der Waals surface area contributed by atoms with Gasteiger partial charge in [-0.05, 0) is 25.8 Å². The van der Waals surface area contributed by atoms with Gasteiger partial charge in [-0.1, -0.05) is 0 Å². The zero-order valence-corrected chi connectivity index (χ0v) is 12.6. The Morgan fingerprint density at radius 1 is 1.35 bits per heavy atom. The van der Waals surface area contributed by atoms with Crippen molar-refractivity contribution >= 4 is 22.9 Å². The average Bonchev–Trinajstić information content (AvgIpc) is 3.12. The summed E-state index contributed by atoms with van der Waals surface area (Å²) in [5.41, 5.74) is 0.792. The minimum Gasteiger partial charge on any atom is -0.371 e. The Labute approximate surface area is 123 Å². The minimum atomic E-state index is -0.507. The number of carbonyl (C=O) groups excluding carboxylic acids is 1. The maximum Gasteiger partial charge on any atom is 0.257 e. The molecule has 5 heteroatoms. The molecule has 20 heavy (non-hydrogen) atoms. The Hall–Kier alpha value is -1.07. The molecule has 4 heterocycles. The number of hydrogen-bond donors (Lipinski definition) is 0. The van der Waals surface area contributed by atoms with Crippen molar-refractivity contribution in [2.24, 2.45) is 0 Å². The van der Waals surface area contributed by atoms with Crippen LogP contribution >= 0.6 is 11.3 Å². The molecule has 1 spiro atoms. The van der Waals surface area contributed by atoms with Gasteiger partial charge in [0, 0.05) is 48.4 Å². The number of rotatable bonds is 1. The van der Waals surface area contributed by atoms with E-state index in [9.17, 15) is 4.79 Å². The van der Waals surface area contributed by atoms with Crippen molar-refractivity contribution in [2.75, 3.05) is 24.5 Å². The second-order valence-corrected chi connectivity index (χ2v) is 7.23. The van der Waals surface area contributed by atoms with Crippen LogP contribution in [0.3, 0.4) is 0 Å². The van der Waals surface area contributed by atoms with Crippen molar-refractivity contribution in [3.63, 3.8) is 0 Å². The van der Waals surface area contributed by atoms with E-state index in [0.717, 1.165) is 45.3 Å². The SMILES string of the molecule is Cc1cc(N2CCC3(CC2)OC2CCCN2C3=O)cs1. The highest BCUT2D eigenvalue weighted by atomic mass is 32.1. The van der Waals surface area contributed by atoms with E-state index in [1.54, 1.807) is 11.3 Å². The van der Waals surface area contributed by atoms with Crippen molar-refractivity contribution in [2.45, 2.75) is 44.4 Å². The highest BCUT2D eigenvalue weighted by Crippen LogP contribution is 2.41. The van der Waals surface area contributed by atoms with Crippen molar-refractivity contribution in [1.82, 2.24) is 4.90 Å². The number of thiophene rings is 1. The molecule has 3 saturated heterocycles. The number of ether oxygens (including phenoxy) is 1. The van der Waals surface area contributed by atoms with Gasteiger partial charge in [-0.15, -0.1) is 11.3 Å². The summed E-state index contributed by atoms with van der Waals surface area (Å²) in [5, 5.41) is 2.21. The van der Waals surface area contributed by atoms with Crippen LogP contribution in [0.4, 0.5) is 5.69 Å². The second kappa shape index (κ2) is 4.46. The van der Waals surface area contributed by atoms with Gasteiger partial charge in [-0.3, -0.25) is 4.79 Å². The summed E-state index contributed by atoms with van der Waals surface area (Å²) in [6.45, 7) is 4.86. The Bertz CT molecular complexity index is 534. The van der Waals surface area contributed by atoms with E-state index < -0.39 is 5.60 Å². The Balaban J connectivity index is 1.48. The van der Waals surface area contributed by atoms with E-state index in [1.807, 2.05) is 4.90 Å². The van der Waals surface area contributed by atoms with Crippen LogP contribution in [0, 0.1) is 6.92 Å². The van der Waals surface area contributed by atoms with Gasteiger partial charge in [0.05, 0.1) is 0 Å². The number of carbonyl (C=O) groups is 1. The van der Waals surface area contributed by atoms with Crippen LogP contribution in [0.1, 0.15) is 30.6 Å². The summed E-state index contributed by atoms with van der Waals surface area (Å²) in [5.74, 6) is 0.251. The molecule has 4 nitrogen and oxygen atoms in total. The fraction of sp³-hybridized carbons (Fsp3) is 0.667. The smallest absolute Gasteiger partial charge is 0.257 e. The van der Waals surface area contributed by atoms with Crippen LogP contribution in [0.25, 0.3) is 0 Å². The topological polar surface area (TPSA) is 32.8 Å². The molecule has 0 bridgehead atoms. The molecular formula is C15H20N2O2S. The second-order valence-electron chi connectivity index (χ2n) is 6.11. The minimum absolute atomic E-state index is 0.0671. The normalized spacial score (nSPS) is 28.4. The van der Waals surface area contributed by atoms with Gasteiger partial charge in [-0.25, -0.2) is 0 Å². The standard InChI is InChI=1S/C15H20N2O2S/c1-11-9-12(10-20-11)16-7-4-15(5-8-16)14(18)17-6-2-3-13(17)19-15/h9-10,13H,2-8H2,1H3. The van der Waals surface area contributed by atoms with Gasteiger partial charge in [0.1, 0.15) is 6.23 Å². The monoisotopic (exact) mass is 292 g/mol. The number of nitrogens with zero attached hydrogens (tertiary/aromatic N) is 2. The van der Waals surface area contributed by atoms with Crippen molar-refractivity contribution in [1.29, 1.82) is 0 Å². The van der Waals surface area contributed by atoms with Crippen LogP contribution < -0.4 is 4.90 Å². The number of amides is 1. The molecule has 3 fully saturated rings. The molecule has 3 aliphatic rings. The third-order valence-electron chi connectivity index (χ3n) is 4.86. The Morgan fingerprint density at radius 3 is 2.80 bits per heavy atom. The zero-order valence-electron chi connectivity index (χ0n) is 11.8. The van der Waals surface area contributed by atoms with Gasteiger partial charge < -0.3 is 14.5 Å². The van der Waals surface area contributed by atoms with Gasteiger partial charge in [0.25, 0.3) is 5.91 Å². The zero-order chi connectivity index (χ0) is 13.7. The Morgan fingerprint density at radius 2 is 2.15 bits per heavy atom. The summed E-state index contributed by atoms with van der Waals surface area (Å²) in [6, 6.07) is 2.23. The lowest BCUT2D eigenvalue weighted by atomic mass is 9.90. The summed E-state index contributed by atoms with van der Waals surface area (Å²) >= 11 is 1.79. The largest absolute Gasteiger partial charge is 0.371 e. The van der Waals surface area contributed by atoms with E-state index >= 15 is 0 Å². The summed E-state index contributed by atoms with van der Waals surface area (Å²) in [4.78, 5) is 18.3. The lowest BCUT2D eigenvalue weighted by Crippen LogP contribution is -2.50. The predicted molar refractivity (Wildman–Crippen MR) is 79.1 cm³/mol. The van der Waals surface area contributed by atoms with E-state index in [2.05, 4.69) is 23.3 Å². The van der Waals surface area contributed by atoms with E-state index in [-0.39, 0.29) is 12.1 Å². The first-order chi connectivity index (χ1) is 9.68. The lowest BCUT2D eigenvalue weighted by molar-refractivity contribution is -0.139. The van der Waals surface area contributed by atoms with E-state index in [4.69, 9.17) is 4.74 Å². The molecule has 3 aliphatic heterocycles. The number of piperidine rings is 1. The van der Waals surface area contributed by atoms with Crippen molar-refractivity contribution in [3.05, 3.63) is 16.3 Å². The predicted octanol–water partition coefficient (Wildman–Crippen LogP) is 2.37. The number of fused-ring (bicyclic) bond motifs is 1. The molecule has 1 aromatic rings. The molecule has 0 saturated carbocycles. The first-order valence-corrected chi connectivity index (χ1v) is 8.35. The first kappa shape index (κ1) is 12.7. The fourth-order valence-corrected chi connectivity index (χ4v) is 4.43. The van der Waals surface area contributed by atoms with Gasteiger partial charge in [0.2, 0.25) is 0 Å². The molecule has 1 atom stereocenters. The number of hydrogen-bond acceptors (Lipinski definition) is 4. The summed E-state index contributed by atoms with van der Waals surface area (Å²) in [7, 11) is 0. The van der Waals surface area contributed by atoms with E-state index in [0.29, 0.717) is 0 Å². The molecule has 1 amide bonds. The fourth-order valence-electron chi connectivity index (χ4n) is 3.72. The van der Waals surface area contributed by atoms with Gasteiger partial charge in [0.15, 0.2) is 5.60 Å². The molecule has 0 radical (unpaired) electrons. The summed E-state index contributed by atoms with van der Waals surface area (Å²) in [6.07, 6.45) is 3.83. The van der Waals surface area contributed by atoms with Gasteiger partial charge in [-0.2, -0.15) is 0 Å². The quantitative estimate of drug-likeness (QED) is 0.796. The molecule has 1 aromatic heterocycles. The molecule has 0 N–H and O–H groups in total. The maximum atomic E-state index is 12.6. The molecule has 4 rings (SSSR count). The third-order valence-corrected chi connectivity index (χ3v) is 5.71. The van der Waals surface area contributed by atoms with Crippen molar-refractivity contribution < 1.29 is 9.53 Å². The number of anilines is 1. The van der Waals surface area contributed by atoms with E-state index in [1.165, 1.54) is 10.6 Å². The van der Waals surface area contributed by atoms with Crippen LogP contribution in [-0.2, 0) is 9.53 Å². The molecule has 108 valence electrons. The molecule has 0 aliphatic carbocycles. The number of aryl methyl sites for hydroxylation is 1. The third kappa shape index (κ3) is 1.79. The van der Waals surface area contributed by atoms with Crippen LogP contribution in [0.2, 0.25) is 0 Å². The van der Waals surface area contributed by atoms with Crippen LogP contribution in [-0.4, -0.2) is 42.3 Å². The molecular weight excluding hydrogens is 272 g/mol. The highest BCUT2D eigenvalue weighted by molar-refractivity contribution is 7.10. The maximum absolute atomic E-state index is 12.6. The Kier molecular flexibility index (Phi) is 2.82. The van der Waals surface area contributed by atoms with Crippen LogP contribution in [0.5, 0.6) is 0 Å². The average molecular weight is 292 g/mol. The van der Waals surface area contributed by atoms with Crippen molar-refractivity contribution in [3.8, 4) is 0 Å². The van der Waals surface area contributed by atoms with Crippen LogP contribution in [0.15, 0.2) is 11.4 Å². The molecule has 0 aromatic carbocycles. The lowest BCUT2D eigenvalue weighted by Gasteiger charge is -2.38. The summed E-state index contributed by atoms with van der Waals surface area (Å²) < 4.78 is 6.17. The van der Waals surface area contributed by atoms with Gasteiger partial charge >= 0.3 is 0 Å². The highest BCUT2D eigenvalue weighted by Gasteiger charge is 2.55.